The maximum Gasteiger partial charge on any atom is 0.0790 e. The Morgan fingerprint density at radius 1 is 0.826 bits per heavy atom. The Morgan fingerprint density at radius 2 is 1.43 bits per heavy atom. The summed E-state index contributed by atoms with van der Waals surface area (Å²) in [5.74, 6) is 0. The maximum absolute atomic E-state index is 10.2. The van der Waals surface area contributed by atoms with Gasteiger partial charge in [0.2, 0.25) is 0 Å². The summed E-state index contributed by atoms with van der Waals surface area (Å²) in [6, 6.07) is 20.6. The third-order valence-electron chi connectivity index (χ3n) is 4.63. The molecule has 2 aromatic carbocycles. The summed E-state index contributed by atoms with van der Waals surface area (Å²) in [5.41, 5.74) is 2.35. The molecule has 0 radical (unpaired) electrons. The smallest absolute Gasteiger partial charge is 0.0790 e. The SMILES string of the molecule is O[C@H](CCCN1CCN(c2ccccc2)CC1)c1ccccc1. The van der Waals surface area contributed by atoms with Gasteiger partial charge >= 0.3 is 0 Å². The lowest BCUT2D eigenvalue weighted by atomic mass is 10.0. The molecular weight excluding hydrogens is 284 g/mol. The van der Waals surface area contributed by atoms with Crippen molar-refractivity contribution in [2.24, 2.45) is 0 Å². The Labute approximate surface area is 139 Å². The van der Waals surface area contributed by atoms with Crippen molar-refractivity contribution in [3.63, 3.8) is 0 Å². The highest BCUT2D eigenvalue weighted by Crippen LogP contribution is 2.19. The summed E-state index contributed by atoms with van der Waals surface area (Å²) in [5, 5.41) is 10.2. The topological polar surface area (TPSA) is 26.7 Å². The molecule has 1 atom stereocenters. The highest BCUT2D eigenvalue weighted by molar-refractivity contribution is 5.46. The van der Waals surface area contributed by atoms with Crippen molar-refractivity contribution < 1.29 is 5.11 Å². The van der Waals surface area contributed by atoms with Gasteiger partial charge in [0.05, 0.1) is 6.10 Å². The second-order valence-electron chi connectivity index (χ2n) is 6.23. The van der Waals surface area contributed by atoms with Crippen molar-refractivity contribution in [1.82, 2.24) is 4.90 Å². The first-order valence-corrected chi connectivity index (χ1v) is 8.58. The summed E-state index contributed by atoms with van der Waals surface area (Å²) in [7, 11) is 0. The first-order chi connectivity index (χ1) is 11.3. The molecular formula is C20H26N2O. The van der Waals surface area contributed by atoms with Gasteiger partial charge in [0.15, 0.2) is 0 Å². The Hall–Kier alpha value is -1.84. The molecule has 0 aromatic heterocycles. The van der Waals surface area contributed by atoms with E-state index in [4.69, 9.17) is 0 Å². The van der Waals surface area contributed by atoms with E-state index in [-0.39, 0.29) is 6.10 Å². The van der Waals surface area contributed by atoms with E-state index in [0.717, 1.165) is 51.1 Å². The molecule has 1 saturated heterocycles. The number of hydrogen-bond acceptors (Lipinski definition) is 3. The fraction of sp³-hybridized carbons (Fsp3) is 0.400. The molecule has 23 heavy (non-hydrogen) atoms. The number of benzene rings is 2. The zero-order chi connectivity index (χ0) is 15.9. The molecule has 3 heteroatoms. The highest BCUT2D eigenvalue weighted by atomic mass is 16.3. The van der Waals surface area contributed by atoms with Gasteiger partial charge in [-0.25, -0.2) is 0 Å². The maximum atomic E-state index is 10.2. The van der Waals surface area contributed by atoms with Gasteiger partial charge in [-0.15, -0.1) is 0 Å². The summed E-state index contributed by atoms with van der Waals surface area (Å²) in [6.07, 6.45) is 1.55. The number of aliphatic hydroxyl groups excluding tert-OH is 1. The van der Waals surface area contributed by atoms with Gasteiger partial charge in [-0.05, 0) is 37.1 Å². The van der Waals surface area contributed by atoms with Crippen molar-refractivity contribution >= 4 is 5.69 Å². The molecule has 122 valence electrons. The molecule has 0 unspecified atom stereocenters. The Morgan fingerprint density at radius 3 is 2.09 bits per heavy atom. The molecule has 1 heterocycles. The normalized spacial score (nSPS) is 17.2. The Bertz CT molecular complexity index is 565. The molecule has 0 aliphatic carbocycles. The van der Waals surface area contributed by atoms with Crippen molar-refractivity contribution in [1.29, 1.82) is 0 Å². The summed E-state index contributed by atoms with van der Waals surface area (Å²) >= 11 is 0. The zero-order valence-electron chi connectivity index (χ0n) is 13.6. The van der Waals surface area contributed by atoms with Gasteiger partial charge in [0, 0.05) is 31.9 Å². The third kappa shape index (κ3) is 4.57. The minimum Gasteiger partial charge on any atom is -0.388 e. The zero-order valence-corrected chi connectivity index (χ0v) is 13.6. The first kappa shape index (κ1) is 16.0. The lowest BCUT2D eigenvalue weighted by Gasteiger charge is -2.36. The number of para-hydroxylation sites is 1. The quantitative estimate of drug-likeness (QED) is 0.886. The number of anilines is 1. The predicted octanol–water partition coefficient (Wildman–Crippen LogP) is 3.32. The van der Waals surface area contributed by atoms with Crippen LogP contribution in [0.25, 0.3) is 0 Å². The van der Waals surface area contributed by atoms with Crippen LogP contribution in [0.1, 0.15) is 24.5 Å². The number of rotatable bonds is 6. The molecule has 2 aromatic rings. The van der Waals surface area contributed by atoms with Gasteiger partial charge in [-0.1, -0.05) is 48.5 Å². The standard InChI is InChI=1S/C20H26N2O/c23-20(18-8-3-1-4-9-18)12-7-13-21-14-16-22(17-15-21)19-10-5-2-6-11-19/h1-6,8-11,20,23H,7,12-17H2/t20-/m1/s1. The second-order valence-corrected chi connectivity index (χ2v) is 6.23. The Kier molecular flexibility index (Phi) is 5.67. The van der Waals surface area contributed by atoms with Crippen LogP contribution in [0.3, 0.4) is 0 Å². The minimum atomic E-state index is -0.332. The minimum absolute atomic E-state index is 0.332. The van der Waals surface area contributed by atoms with Crippen LogP contribution in [0.4, 0.5) is 5.69 Å². The first-order valence-electron chi connectivity index (χ1n) is 8.58. The fourth-order valence-electron chi connectivity index (χ4n) is 3.22. The van der Waals surface area contributed by atoms with Gasteiger partial charge in [-0.2, -0.15) is 0 Å². The van der Waals surface area contributed by atoms with E-state index in [0.29, 0.717) is 0 Å². The van der Waals surface area contributed by atoms with Gasteiger partial charge < -0.3 is 10.0 Å². The van der Waals surface area contributed by atoms with Crippen LogP contribution in [0, 0.1) is 0 Å². The van der Waals surface area contributed by atoms with Crippen LogP contribution >= 0.6 is 0 Å². The van der Waals surface area contributed by atoms with Crippen molar-refractivity contribution in [3.05, 3.63) is 66.2 Å². The van der Waals surface area contributed by atoms with Crippen LogP contribution in [-0.2, 0) is 0 Å². The van der Waals surface area contributed by atoms with Crippen molar-refractivity contribution in [2.75, 3.05) is 37.6 Å². The third-order valence-corrected chi connectivity index (χ3v) is 4.63. The van der Waals surface area contributed by atoms with E-state index in [1.54, 1.807) is 0 Å². The van der Waals surface area contributed by atoms with Crippen LogP contribution in [0.15, 0.2) is 60.7 Å². The molecule has 1 N–H and O–H groups in total. The van der Waals surface area contributed by atoms with E-state index < -0.39 is 0 Å². The monoisotopic (exact) mass is 310 g/mol. The van der Waals surface area contributed by atoms with Crippen LogP contribution in [-0.4, -0.2) is 42.7 Å². The molecule has 0 saturated carbocycles. The summed E-state index contributed by atoms with van der Waals surface area (Å²) < 4.78 is 0. The van der Waals surface area contributed by atoms with E-state index in [9.17, 15) is 5.11 Å². The molecule has 0 bridgehead atoms. The van der Waals surface area contributed by atoms with Gasteiger partial charge in [0.25, 0.3) is 0 Å². The predicted molar refractivity (Wildman–Crippen MR) is 95.7 cm³/mol. The average Bonchev–Trinajstić information content (AvgIpc) is 2.64. The molecule has 3 nitrogen and oxygen atoms in total. The van der Waals surface area contributed by atoms with E-state index in [1.165, 1.54) is 5.69 Å². The van der Waals surface area contributed by atoms with Crippen LogP contribution < -0.4 is 4.90 Å². The van der Waals surface area contributed by atoms with Crippen molar-refractivity contribution in [3.8, 4) is 0 Å². The molecule has 1 aliphatic heterocycles. The molecule has 1 fully saturated rings. The second kappa shape index (κ2) is 8.14. The fourth-order valence-corrected chi connectivity index (χ4v) is 3.22. The molecule has 3 rings (SSSR count). The Balaban J connectivity index is 1.38. The van der Waals surface area contributed by atoms with E-state index in [2.05, 4.69) is 40.1 Å². The number of aliphatic hydroxyl groups is 1. The summed E-state index contributed by atoms with van der Waals surface area (Å²) in [4.78, 5) is 4.96. The lowest BCUT2D eigenvalue weighted by molar-refractivity contribution is 0.154. The lowest BCUT2D eigenvalue weighted by Crippen LogP contribution is -2.46. The molecule has 1 aliphatic rings. The van der Waals surface area contributed by atoms with Gasteiger partial charge in [0.1, 0.15) is 0 Å². The molecule has 0 spiro atoms. The number of hydrogen-bond donors (Lipinski definition) is 1. The summed E-state index contributed by atoms with van der Waals surface area (Å²) in [6.45, 7) is 5.47. The van der Waals surface area contributed by atoms with Crippen molar-refractivity contribution in [2.45, 2.75) is 18.9 Å². The average molecular weight is 310 g/mol. The number of nitrogens with zero attached hydrogens (tertiary/aromatic N) is 2. The largest absolute Gasteiger partial charge is 0.388 e. The highest BCUT2D eigenvalue weighted by Gasteiger charge is 2.17. The van der Waals surface area contributed by atoms with E-state index in [1.807, 2.05) is 30.3 Å². The van der Waals surface area contributed by atoms with Gasteiger partial charge in [-0.3, -0.25) is 4.90 Å². The molecule has 0 amide bonds. The van der Waals surface area contributed by atoms with E-state index >= 15 is 0 Å². The number of piperazine rings is 1. The van der Waals surface area contributed by atoms with Crippen LogP contribution in [0.2, 0.25) is 0 Å². The van der Waals surface area contributed by atoms with Crippen LogP contribution in [0.5, 0.6) is 0 Å².